The fourth-order valence-electron chi connectivity index (χ4n) is 4.17. The number of unbranched alkanes of at least 4 members (excludes halogenated alkanes) is 16. The number of carbonyl (C=O) groups is 3. The highest BCUT2D eigenvalue weighted by molar-refractivity contribution is 7.80. The first-order valence-electron chi connectivity index (χ1n) is 13.7. The van der Waals surface area contributed by atoms with Crippen LogP contribution in [0.2, 0.25) is 0 Å². The molecule has 0 aromatic heterocycles. The summed E-state index contributed by atoms with van der Waals surface area (Å²) in [7, 11) is 0. The molecule has 0 aliphatic heterocycles. The Morgan fingerprint density at radius 1 is 0.606 bits per heavy atom. The first-order valence-corrected chi connectivity index (χ1v) is 14.3. The monoisotopic (exact) mass is 485 g/mol. The largest absolute Gasteiger partial charge is 0.480 e. The Balaban J connectivity index is 4.32. The summed E-state index contributed by atoms with van der Waals surface area (Å²) in [6.07, 6.45) is 21.0. The van der Waals surface area contributed by atoms with Gasteiger partial charge in [0.2, 0.25) is 11.8 Å². The van der Waals surface area contributed by atoms with Crippen LogP contribution in [0.4, 0.5) is 0 Å². The van der Waals surface area contributed by atoms with Gasteiger partial charge in [-0.15, -0.1) is 0 Å². The molecule has 0 saturated heterocycles. The number of imide groups is 1. The lowest BCUT2D eigenvalue weighted by Gasteiger charge is -2.26. The van der Waals surface area contributed by atoms with Gasteiger partial charge in [0.1, 0.15) is 6.04 Å². The first-order chi connectivity index (χ1) is 16.0. The quantitative estimate of drug-likeness (QED) is 0.116. The van der Waals surface area contributed by atoms with E-state index in [2.05, 4.69) is 26.5 Å². The summed E-state index contributed by atoms with van der Waals surface area (Å²) in [5.41, 5.74) is 0. The third kappa shape index (κ3) is 17.1. The molecule has 2 amide bonds. The van der Waals surface area contributed by atoms with Crippen LogP contribution in [-0.2, 0) is 14.4 Å². The number of amides is 2. The van der Waals surface area contributed by atoms with Gasteiger partial charge in [-0.25, -0.2) is 4.79 Å². The number of hydrogen-bond donors (Lipinski definition) is 2. The summed E-state index contributed by atoms with van der Waals surface area (Å²) in [6.45, 7) is 4.42. The fourth-order valence-corrected chi connectivity index (χ4v) is 4.49. The van der Waals surface area contributed by atoms with Gasteiger partial charge in [0, 0.05) is 18.6 Å². The third-order valence-electron chi connectivity index (χ3n) is 6.30. The van der Waals surface area contributed by atoms with E-state index in [4.69, 9.17) is 0 Å². The minimum atomic E-state index is -1.18. The molecule has 6 heteroatoms. The highest BCUT2D eigenvalue weighted by Gasteiger charge is 2.32. The summed E-state index contributed by atoms with van der Waals surface area (Å²) in [5.74, 6) is -1.94. The maximum atomic E-state index is 12.8. The van der Waals surface area contributed by atoms with Crippen molar-refractivity contribution in [3.8, 4) is 0 Å². The molecule has 0 heterocycles. The fraction of sp³-hybridized carbons (Fsp3) is 0.889. The minimum Gasteiger partial charge on any atom is -0.480 e. The van der Waals surface area contributed by atoms with Crippen molar-refractivity contribution in [2.45, 2.75) is 148 Å². The van der Waals surface area contributed by atoms with Crippen LogP contribution >= 0.6 is 12.6 Å². The minimum absolute atomic E-state index is 0.0532. The van der Waals surface area contributed by atoms with Gasteiger partial charge < -0.3 is 5.11 Å². The molecule has 194 valence electrons. The number of hydrogen-bond acceptors (Lipinski definition) is 4. The van der Waals surface area contributed by atoms with Crippen molar-refractivity contribution < 1.29 is 19.5 Å². The van der Waals surface area contributed by atoms with Crippen molar-refractivity contribution in [3.63, 3.8) is 0 Å². The first kappa shape index (κ1) is 32.0. The van der Waals surface area contributed by atoms with Crippen LogP contribution in [0.5, 0.6) is 0 Å². The number of carboxylic acids is 1. The zero-order chi connectivity index (χ0) is 24.7. The third-order valence-corrected chi connectivity index (χ3v) is 6.64. The number of carboxylic acid groups (broad SMARTS) is 1. The molecule has 5 nitrogen and oxygen atoms in total. The predicted octanol–water partition coefficient (Wildman–Crippen LogP) is 7.57. The highest BCUT2D eigenvalue weighted by Crippen LogP contribution is 2.16. The Bertz CT molecular complexity index is 478. The average Bonchev–Trinajstić information content (AvgIpc) is 2.79. The molecule has 0 saturated carbocycles. The Morgan fingerprint density at radius 3 is 1.18 bits per heavy atom. The van der Waals surface area contributed by atoms with Gasteiger partial charge in [0.05, 0.1) is 0 Å². The Morgan fingerprint density at radius 2 is 0.909 bits per heavy atom. The van der Waals surface area contributed by atoms with Gasteiger partial charge in [-0.05, 0) is 12.8 Å². The van der Waals surface area contributed by atoms with E-state index in [1.807, 2.05) is 0 Å². The molecule has 0 fully saturated rings. The summed E-state index contributed by atoms with van der Waals surface area (Å²) >= 11 is 4.10. The zero-order valence-corrected chi connectivity index (χ0v) is 22.4. The number of thiol groups is 1. The van der Waals surface area contributed by atoms with E-state index in [-0.39, 0.29) is 30.4 Å². The van der Waals surface area contributed by atoms with Gasteiger partial charge in [-0.3, -0.25) is 14.5 Å². The molecule has 0 aliphatic carbocycles. The average molecular weight is 486 g/mol. The highest BCUT2D eigenvalue weighted by atomic mass is 32.1. The van der Waals surface area contributed by atoms with Crippen LogP contribution in [0.3, 0.4) is 0 Å². The molecular formula is C27H51NO4S. The molecule has 0 bridgehead atoms. The van der Waals surface area contributed by atoms with E-state index in [0.717, 1.165) is 30.6 Å². The molecule has 0 aromatic rings. The van der Waals surface area contributed by atoms with Crippen molar-refractivity contribution in [1.82, 2.24) is 4.90 Å². The van der Waals surface area contributed by atoms with Gasteiger partial charge in [-0.1, -0.05) is 117 Å². The molecule has 33 heavy (non-hydrogen) atoms. The van der Waals surface area contributed by atoms with E-state index in [9.17, 15) is 19.5 Å². The van der Waals surface area contributed by atoms with Gasteiger partial charge in [0.15, 0.2) is 0 Å². The number of carbonyl (C=O) groups excluding carboxylic acids is 2. The Kier molecular flexibility index (Phi) is 22.0. The van der Waals surface area contributed by atoms with E-state index >= 15 is 0 Å². The van der Waals surface area contributed by atoms with Gasteiger partial charge in [-0.2, -0.15) is 12.6 Å². The van der Waals surface area contributed by atoms with Gasteiger partial charge >= 0.3 is 5.97 Å². The molecule has 0 radical (unpaired) electrons. The SMILES string of the molecule is CCCCCCCCCCCC(=O)N(C(=O)CCCCCCCCCCC)C(CS)C(=O)O. The summed E-state index contributed by atoms with van der Waals surface area (Å²) in [4.78, 5) is 38.2. The van der Waals surface area contributed by atoms with Crippen LogP contribution in [0.25, 0.3) is 0 Å². The maximum absolute atomic E-state index is 12.8. The van der Waals surface area contributed by atoms with Crippen molar-refractivity contribution in [1.29, 1.82) is 0 Å². The number of aliphatic carboxylic acids is 1. The van der Waals surface area contributed by atoms with Crippen molar-refractivity contribution >= 4 is 30.4 Å². The van der Waals surface area contributed by atoms with Crippen molar-refractivity contribution in [2.75, 3.05) is 5.75 Å². The lowest BCUT2D eigenvalue weighted by Crippen LogP contribution is -2.49. The Hall–Kier alpha value is -1.04. The second-order valence-electron chi connectivity index (χ2n) is 9.35. The number of rotatable bonds is 23. The van der Waals surface area contributed by atoms with E-state index in [1.165, 1.54) is 77.0 Å². The zero-order valence-electron chi connectivity index (χ0n) is 21.5. The predicted molar refractivity (Wildman–Crippen MR) is 141 cm³/mol. The van der Waals surface area contributed by atoms with Gasteiger partial charge in [0.25, 0.3) is 0 Å². The Labute approximate surface area is 208 Å². The van der Waals surface area contributed by atoms with Crippen LogP contribution in [0.1, 0.15) is 142 Å². The van der Waals surface area contributed by atoms with Crippen LogP contribution in [0, 0.1) is 0 Å². The van der Waals surface area contributed by atoms with E-state index < -0.39 is 12.0 Å². The molecular weight excluding hydrogens is 434 g/mol. The topological polar surface area (TPSA) is 74.7 Å². The molecule has 0 rings (SSSR count). The second-order valence-corrected chi connectivity index (χ2v) is 9.72. The van der Waals surface area contributed by atoms with E-state index in [1.54, 1.807) is 0 Å². The van der Waals surface area contributed by atoms with Crippen LogP contribution < -0.4 is 0 Å². The molecule has 1 unspecified atom stereocenters. The maximum Gasteiger partial charge on any atom is 0.327 e. The molecule has 0 spiro atoms. The van der Waals surface area contributed by atoms with E-state index in [0.29, 0.717) is 12.8 Å². The molecule has 0 aliphatic rings. The second kappa shape index (κ2) is 22.7. The molecule has 1 N–H and O–H groups in total. The standard InChI is InChI=1S/C27H51NO4S/c1-3-5-7-9-11-13-15-17-19-21-25(29)28(24(23-33)27(31)32)26(30)22-20-18-16-14-12-10-8-6-4-2/h24,33H,3-23H2,1-2H3,(H,31,32). The summed E-state index contributed by atoms with van der Waals surface area (Å²) in [6, 6.07) is -1.18. The normalized spacial score (nSPS) is 12.0. The number of nitrogens with zero attached hydrogens (tertiary/aromatic N) is 1. The summed E-state index contributed by atoms with van der Waals surface area (Å²) < 4.78 is 0. The van der Waals surface area contributed by atoms with Crippen LogP contribution in [0.15, 0.2) is 0 Å². The lowest BCUT2D eigenvalue weighted by molar-refractivity contribution is -0.157. The van der Waals surface area contributed by atoms with Crippen molar-refractivity contribution in [3.05, 3.63) is 0 Å². The van der Waals surface area contributed by atoms with Crippen LogP contribution in [-0.4, -0.2) is 39.6 Å². The summed E-state index contributed by atoms with van der Waals surface area (Å²) in [5, 5.41) is 9.51. The molecule has 1 atom stereocenters. The molecule has 0 aromatic carbocycles. The van der Waals surface area contributed by atoms with Crippen molar-refractivity contribution in [2.24, 2.45) is 0 Å². The smallest absolute Gasteiger partial charge is 0.327 e. The lowest BCUT2D eigenvalue weighted by atomic mass is 10.0.